The Morgan fingerprint density at radius 2 is 1.87 bits per heavy atom. The summed E-state index contributed by atoms with van der Waals surface area (Å²) in [5, 5.41) is 4.78. The van der Waals surface area contributed by atoms with E-state index in [4.69, 9.17) is 4.74 Å². The molecule has 0 fully saturated rings. The van der Waals surface area contributed by atoms with Crippen molar-refractivity contribution in [2.45, 2.75) is 77.0 Å². The van der Waals surface area contributed by atoms with Crippen LogP contribution in [0.5, 0.6) is 0 Å². The van der Waals surface area contributed by atoms with E-state index < -0.39 is 24.0 Å². The molecular weight excluding hydrogens is 522 g/mol. The predicted octanol–water partition coefficient (Wildman–Crippen LogP) is 5.15. The molecule has 0 saturated heterocycles. The van der Waals surface area contributed by atoms with Crippen LogP contribution in [0.1, 0.15) is 75.5 Å². The topological polar surface area (TPSA) is 106 Å². The molecule has 10 heteroatoms. The Morgan fingerprint density at radius 3 is 2.45 bits per heavy atom. The van der Waals surface area contributed by atoms with Crippen molar-refractivity contribution in [3.8, 4) is 0 Å². The van der Waals surface area contributed by atoms with Crippen LogP contribution in [-0.4, -0.2) is 58.8 Å². The van der Waals surface area contributed by atoms with Crippen LogP contribution >= 0.6 is 23.1 Å². The lowest BCUT2D eigenvalue weighted by atomic mass is 9.95. The molecule has 2 amide bonds. The number of hydrogen-bond acceptors (Lipinski definition) is 8. The Balaban J connectivity index is 2.13. The summed E-state index contributed by atoms with van der Waals surface area (Å²) in [4.78, 5) is 56.4. The highest BCUT2D eigenvalue weighted by Gasteiger charge is 2.31. The Labute approximate surface area is 233 Å². The van der Waals surface area contributed by atoms with E-state index in [1.165, 1.54) is 30.0 Å². The second kappa shape index (κ2) is 15.6. The van der Waals surface area contributed by atoms with Crippen molar-refractivity contribution in [3.05, 3.63) is 46.4 Å². The highest BCUT2D eigenvalue weighted by atomic mass is 32.2. The number of ether oxygens (including phenoxy) is 1. The zero-order valence-electron chi connectivity index (χ0n) is 23.0. The second-order valence-electron chi connectivity index (χ2n) is 9.78. The molecule has 208 valence electrons. The maximum absolute atomic E-state index is 12.9. The molecule has 4 atom stereocenters. The number of nitrogens with one attached hydrogen (secondary N) is 1. The number of aldehydes is 1. The van der Waals surface area contributed by atoms with Crippen molar-refractivity contribution in [3.63, 3.8) is 0 Å². The molecule has 38 heavy (non-hydrogen) atoms. The van der Waals surface area contributed by atoms with E-state index in [0.717, 1.165) is 11.3 Å². The first kappa shape index (κ1) is 31.5. The highest BCUT2D eigenvalue weighted by Crippen LogP contribution is 2.31. The molecule has 1 N–H and O–H groups in total. The number of thiazole rings is 1. The SMILES string of the molecule is CC[C@H](C)CC(=O)N(C)[C@H](C[C@@H](OC(C)=O)c1nc(C(=O)N[C@H](C=O)CSc2ccccc2)cs1)C(C)C. The van der Waals surface area contributed by atoms with Crippen LogP contribution < -0.4 is 5.32 Å². The van der Waals surface area contributed by atoms with E-state index in [9.17, 15) is 19.2 Å². The summed E-state index contributed by atoms with van der Waals surface area (Å²) in [6, 6.07) is 8.75. The lowest BCUT2D eigenvalue weighted by Gasteiger charge is -2.34. The van der Waals surface area contributed by atoms with E-state index in [-0.39, 0.29) is 29.5 Å². The number of rotatable bonds is 15. The number of hydrogen-bond donors (Lipinski definition) is 1. The van der Waals surface area contributed by atoms with Crippen molar-refractivity contribution in [2.24, 2.45) is 11.8 Å². The zero-order chi connectivity index (χ0) is 28.2. The van der Waals surface area contributed by atoms with Gasteiger partial charge in [-0.25, -0.2) is 4.98 Å². The van der Waals surface area contributed by atoms with Crippen molar-refractivity contribution >= 4 is 47.2 Å². The van der Waals surface area contributed by atoms with Gasteiger partial charge < -0.3 is 19.7 Å². The molecule has 8 nitrogen and oxygen atoms in total. The molecule has 1 heterocycles. The fourth-order valence-corrected chi connectivity index (χ4v) is 5.59. The number of nitrogens with zero attached hydrogens (tertiary/aromatic N) is 2. The summed E-state index contributed by atoms with van der Waals surface area (Å²) in [7, 11) is 1.79. The van der Waals surface area contributed by atoms with Gasteiger partial charge in [-0.1, -0.05) is 52.3 Å². The fraction of sp³-hybridized carbons (Fsp3) is 0.536. The largest absolute Gasteiger partial charge is 0.455 e. The predicted molar refractivity (Wildman–Crippen MR) is 151 cm³/mol. The first-order chi connectivity index (χ1) is 18.0. The molecular formula is C28H39N3O5S2. The molecule has 0 aliphatic rings. The van der Waals surface area contributed by atoms with Gasteiger partial charge in [0.2, 0.25) is 5.91 Å². The lowest BCUT2D eigenvalue weighted by molar-refractivity contribution is -0.148. The Bertz CT molecular complexity index is 1060. The minimum Gasteiger partial charge on any atom is -0.455 e. The van der Waals surface area contributed by atoms with Gasteiger partial charge in [-0.2, -0.15) is 0 Å². The number of aromatic nitrogens is 1. The van der Waals surface area contributed by atoms with E-state index in [0.29, 0.717) is 29.9 Å². The van der Waals surface area contributed by atoms with Crippen LogP contribution in [0.15, 0.2) is 40.6 Å². The number of carbonyl (C=O) groups excluding carboxylic acids is 4. The van der Waals surface area contributed by atoms with Gasteiger partial charge in [-0.3, -0.25) is 14.4 Å². The molecule has 0 radical (unpaired) electrons. The van der Waals surface area contributed by atoms with Gasteiger partial charge in [0.15, 0.2) is 6.10 Å². The average Bonchev–Trinajstić information content (AvgIpc) is 3.39. The number of benzene rings is 1. The van der Waals surface area contributed by atoms with Gasteiger partial charge in [0, 0.05) is 48.9 Å². The third kappa shape index (κ3) is 9.87. The van der Waals surface area contributed by atoms with Crippen LogP contribution in [0.3, 0.4) is 0 Å². The van der Waals surface area contributed by atoms with Gasteiger partial charge in [0.05, 0.1) is 6.04 Å². The standard InChI is InChI=1S/C28H39N3O5S2/c1-7-19(4)13-26(34)31(6)24(18(2)3)14-25(36-20(5)33)28-30-23(17-38-28)27(35)29-21(15-32)16-37-22-11-9-8-10-12-22/h8-12,15,17-19,21,24-25H,7,13-14,16H2,1-6H3,(H,29,35)/t19-,21+,24+,25+/m0/s1. The van der Waals surface area contributed by atoms with Gasteiger partial charge in [-0.15, -0.1) is 23.1 Å². The molecule has 2 rings (SSSR count). The Morgan fingerprint density at radius 1 is 1.18 bits per heavy atom. The second-order valence-corrected chi connectivity index (χ2v) is 11.8. The van der Waals surface area contributed by atoms with Crippen molar-refractivity contribution in [1.29, 1.82) is 0 Å². The van der Waals surface area contributed by atoms with Crippen molar-refractivity contribution < 1.29 is 23.9 Å². The highest BCUT2D eigenvalue weighted by molar-refractivity contribution is 7.99. The first-order valence-corrected chi connectivity index (χ1v) is 14.7. The third-order valence-corrected chi connectivity index (χ3v) is 8.40. The van der Waals surface area contributed by atoms with E-state index in [1.807, 2.05) is 44.2 Å². The fourth-order valence-electron chi connectivity index (χ4n) is 3.87. The average molecular weight is 562 g/mol. The summed E-state index contributed by atoms with van der Waals surface area (Å²) >= 11 is 2.69. The number of thioether (sulfide) groups is 1. The van der Waals surface area contributed by atoms with Crippen LogP contribution in [-0.2, 0) is 19.1 Å². The van der Waals surface area contributed by atoms with E-state index in [2.05, 4.69) is 24.1 Å². The molecule has 0 saturated carbocycles. The lowest BCUT2D eigenvalue weighted by Crippen LogP contribution is -2.42. The molecule has 0 aliphatic heterocycles. The maximum atomic E-state index is 12.9. The van der Waals surface area contributed by atoms with Crippen LogP contribution in [0.2, 0.25) is 0 Å². The van der Waals surface area contributed by atoms with E-state index in [1.54, 1.807) is 17.3 Å². The minimum atomic E-state index is -0.708. The molecule has 0 unspecified atom stereocenters. The molecule has 1 aromatic carbocycles. The normalized spacial score (nSPS) is 14.3. The van der Waals surface area contributed by atoms with Crippen molar-refractivity contribution in [2.75, 3.05) is 12.8 Å². The monoisotopic (exact) mass is 561 g/mol. The smallest absolute Gasteiger partial charge is 0.303 e. The van der Waals surface area contributed by atoms with Gasteiger partial charge in [-0.05, 0) is 24.0 Å². The van der Waals surface area contributed by atoms with Crippen LogP contribution in [0.4, 0.5) is 0 Å². The quantitative estimate of drug-likeness (QED) is 0.182. The van der Waals surface area contributed by atoms with Crippen LogP contribution in [0, 0.1) is 11.8 Å². The summed E-state index contributed by atoms with van der Waals surface area (Å²) in [6.45, 7) is 9.49. The Hall–Kier alpha value is -2.72. The van der Waals surface area contributed by atoms with Gasteiger partial charge in [0.1, 0.15) is 17.0 Å². The van der Waals surface area contributed by atoms with Crippen molar-refractivity contribution in [1.82, 2.24) is 15.2 Å². The number of esters is 1. The molecule has 0 aliphatic carbocycles. The first-order valence-electron chi connectivity index (χ1n) is 12.9. The zero-order valence-corrected chi connectivity index (χ0v) is 24.6. The molecule has 0 spiro atoms. The summed E-state index contributed by atoms with van der Waals surface area (Å²) < 4.78 is 5.61. The van der Waals surface area contributed by atoms with Gasteiger partial charge >= 0.3 is 5.97 Å². The maximum Gasteiger partial charge on any atom is 0.303 e. The summed E-state index contributed by atoms with van der Waals surface area (Å²) in [6.07, 6.45) is 1.74. The summed E-state index contributed by atoms with van der Waals surface area (Å²) in [5.41, 5.74) is 0.154. The number of amides is 2. The molecule has 1 aromatic heterocycles. The van der Waals surface area contributed by atoms with E-state index >= 15 is 0 Å². The minimum absolute atomic E-state index is 0.0482. The summed E-state index contributed by atoms with van der Waals surface area (Å²) in [5.74, 6) is -0.112. The Kier molecular flexibility index (Phi) is 13.0. The van der Waals surface area contributed by atoms with Crippen LogP contribution in [0.25, 0.3) is 0 Å². The molecule has 0 bridgehead atoms. The third-order valence-electron chi connectivity index (χ3n) is 6.33. The molecule has 2 aromatic rings. The van der Waals surface area contributed by atoms with Gasteiger partial charge in [0.25, 0.3) is 5.91 Å². The number of carbonyl (C=O) groups is 4.